The van der Waals surface area contributed by atoms with E-state index in [4.69, 9.17) is 5.10 Å². The van der Waals surface area contributed by atoms with Crippen molar-refractivity contribution in [2.45, 2.75) is 31.2 Å². The van der Waals surface area contributed by atoms with E-state index in [2.05, 4.69) is 43.0 Å². The molecule has 0 bridgehead atoms. The summed E-state index contributed by atoms with van der Waals surface area (Å²) in [5.41, 5.74) is 5.82. The van der Waals surface area contributed by atoms with Gasteiger partial charge in [0.15, 0.2) is 0 Å². The number of imidazole rings is 1. The Hall–Kier alpha value is -3.22. The van der Waals surface area contributed by atoms with Crippen LogP contribution >= 0.6 is 0 Å². The first-order valence-electron chi connectivity index (χ1n) is 9.41. The first kappa shape index (κ1) is 14.9. The van der Waals surface area contributed by atoms with Crippen LogP contribution in [0.4, 0.5) is 5.82 Å². The minimum absolute atomic E-state index is 0.0661. The number of H-pyrrole nitrogens is 1. The third kappa shape index (κ3) is 2.34. The number of rotatable bonds is 3. The van der Waals surface area contributed by atoms with E-state index in [-0.39, 0.29) is 6.04 Å². The van der Waals surface area contributed by atoms with Crippen LogP contribution in [0.25, 0.3) is 5.52 Å². The van der Waals surface area contributed by atoms with Crippen molar-refractivity contribution in [2.75, 3.05) is 11.4 Å². The van der Waals surface area contributed by atoms with Crippen LogP contribution in [0.1, 0.15) is 47.4 Å². The van der Waals surface area contributed by atoms with Crippen molar-refractivity contribution in [2.24, 2.45) is 0 Å². The van der Waals surface area contributed by atoms with Crippen LogP contribution < -0.4 is 4.90 Å². The number of aromatic nitrogens is 6. The lowest BCUT2D eigenvalue weighted by atomic mass is 9.99. The molecular weight excluding hydrogens is 338 g/mol. The molecular formula is C20H19N7. The van der Waals surface area contributed by atoms with E-state index in [9.17, 15) is 0 Å². The Morgan fingerprint density at radius 3 is 2.96 bits per heavy atom. The molecule has 7 heteroatoms. The molecule has 2 aliphatic rings. The fraction of sp³-hybridized carbons (Fsp3) is 0.300. The Bertz CT molecular complexity index is 1110. The van der Waals surface area contributed by atoms with Crippen LogP contribution in [0.3, 0.4) is 0 Å². The molecule has 134 valence electrons. The molecule has 0 spiro atoms. The van der Waals surface area contributed by atoms with Gasteiger partial charge in [-0.15, -0.1) is 0 Å². The monoisotopic (exact) mass is 357 g/mol. The van der Waals surface area contributed by atoms with E-state index in [1.54, 1.807) is 18.7 Å². The number of fused-ring (bicyclic) bond motifs is 2. The SMILES string of the molecule is c1cc(C2CC2)c2cc(C3c4nc[nH]c4CCN3c3cnccn3)nn2c1. The lowest BCUT2D eigenvalue weighted by molar-refractivity contribution is 0.609. The summed E-state index contributed by atoms with van der Waals surface area (Å²) >= 11 is 0. The van der Waals surface area contributed by atoms with Crippen molar-refractivity contribution < 1.29 is 0 Å². The predicted molar refractivity (Wildman–Crippen MR) is 101 cm³/mol. The molecule has 1 unspecified atom stereocenters. The quantitative estimate of drug-likeness (QED) is 0.610. The van der Waals surface area contributed by atoms with E-state index in [1.807, 2.05) is 16.9 Å². The van der Waals surface area contributed by atoms with E-state index in [1.165, 1.54) is 29.6 Å². The molecule has 1 fully saturated rings. The van der Waals surface area contributed by atoms with Crippen molar-refractivity contribution >= 4 is 11.3 Å². The van der Waals surface area contributed by atoms with Crippen LogP contribution in [0.15, 0.2) is 49.3 Å². The lowest BCUT2D eigenvalue weighted by Crippen LogP contribution is -2.37. The van der Waals surface area contributed by atoms with Gasteiger partial charge in [-0.1, -0.05) is 6.07 Å². The number of nitrogens with one attached hydrogen (secondary N) is 1. The fourth-order valence-electron chi connectivity index (χ4n) is 4.19. The Kier molecular flexibility index (Phi) is 3.11. The van der Waals surface area contributed by atoms with Crippen LogP contribution in [-0.4, -0.2) is 36.1 Å². The maximum absolute atomic E-state index is 4.93. The van der Waals surface area contributed by atoms with E-state index in [0.717, 1.165) is 30.2 Å². The minimum Gasteiger partial charge on any atom is -0.348 e. The standard InChI is InChI=1S/C20H19N7/c1-2-14(13-3-4-13)17-10-16(25-27(17)8-1)20-19-15(23-12-24-19)5-9-26(20)18-11-21-6-7-22-18/h1-2,6-8,10-13,20H,3-5,9H2,(H,23,24). The summed E-state index contributed by atoms with van der Waals surface area (Å²) < 4.78 is 2.01. The summed E-state index contributed by atoms with van der Waals surface area (Å²) in [6.45, 7) is 0.849. The van der Waals surface area contributed by atoms with Gasteiger partial charge in [0.25, 0.3) is 0 Å². The van der Waals surface area contributed by atoms with Crippen molar-refractivity contribution in [3.63, 3.8) is 0 Å². The highest BCUT2D eigenvalue weighted by atomic mass is 15.3. The topological polar surface area (TPSA) is 75.0 Å². The molecule has 0 amide bonds. The summed E-state index contributed by atoms with van der Waals surface area (Å²) in [4.78, 5) is 19.0. The second-order valence-corrected chi connectivity index (χ2v) is 7.31. The van der Waals surface area contributed by atoms with Gasteiger partial charge in [-0.2, -0.15) is 5.10 Å². The summed E-state index contributed by atoms with van der Waals surface area (Å²) in [7, 11) is 0. The second-order valence-electron chi connectivity index (χ2n) is 7.31. The molecule has 1 atom stereocenters. The molecule has 0 aromatic carbocycles. The number of hydrogen-bond donors (Lipinski definition) is 1. The third-order valence-electron chi connectivity index (χ3n) is 5.62. The molecule has 4 aromatic rings. The molecule has 4 aromatic heterocycles. The van der Waals surface area contributed by atoms with Crippen molar-refractivity contribution in [1.82, 2.24) is 29.5 Å². The molecule has 1 aliphatic heterocycles. The zero-order valence-electron chi connectivity index (χ0n) is 14.8. The number of nitrogens with zero attached hydrogens (tertiary/aromatic N) is 6. The van der Waals surface area contributed by atoms with Crippen molar-refractivity contribution in [3.05, 3.63) is 72.0 Å². The Labute approximate surface area is 156 Å². The Morgan fingerprint density at radius 2 is 2.11 bits per heavy atom. The van der Waals surface area contributed by atoms with Gasteiger partial charge in [-0.3, -0.25) is 4.98 Å². The number of pyridine rings is 1. The molecule has 6 rings (SSSR count). The smallest absolute Gasteiger partial charge is 0.147 e. The van der Waals surface area contributed by atoms with E-state index >= 15 is 0 Å². The minimum atomic E-state index is -0.0661. The third-order valence-corrected chi connectivity index (χ3v) is 5.62. The maximum Gasteiger partial charge on any atom is 0.147 e. The van der Waals surface area contributed by atoms with Gasteiger partial charge in [0.05, 0.1) is 29.4 Å². The number of aromatic amines is 1. The molecule has 1 aliphatic carbocycles. The summed E-state index contributed by atoms with van der Waals surface area (Å²) in [6.07, 6.45) is 12.5. The first-order valence-corrected chi connectivity index (χ1v) is 9.41. The van der Waals surface area contributed by atoms with Crippen LogP contribution in [0.2, 0.25) is 0 Å². The molecule has 1 saturated carbocycles. The molecule has 5 heterocycles. The molecule has 27 heavy (non-hydrogen) atoms. The second kappa shape index (κ2) is 5.64. The van der Waals surface area contributed by atoms with Crippen molar-refractivity contribution in [1.29, 1.82) is 0 Å². The normalized spacial score (nSPS) is 19.4. The molecule has 0 saturated heterocycles. The van der Waals surface area contributed by atoms with Gasteiger partial charge in [-0.25, -0.2) is 14.5 Å². The van der Waals surface area contributed by atoms with Crippen LogP contribution in [0.5, 0.6) is 0 Å². The highest BCUT2D eigenvalue weighted by Gasteiger charge is 2.34. The van der Waals surface area contributed by atoms with Crippen LogP contribution in [-0.2, 0) is 6.42 Å². The zero-order chi connectivity index (χ0) is 17.8. The van der Waals surface area contributed by atoms with E-state index in [0.29, 0.717) is 5.92 Å². The van der Waals surface area contributed by atoms with Gasteiger partial charge in [0, 0.05) is 37.3 Å². The Morgan fingerprint density at radius 1 is 1.15 bits per heavy atom. The van der Waals surface area contributed by atoms with Gasteiger partial charge in [0.2, 0.25) is 0 Å². The molecule has 1 N–H and O–H groups in total. The highest BCUT2D eigenvalue weighted by Crippen LogP contribution is 2.43. The van der Waals surface area contributed by atoms with Crippen LogP contribution in [0, 0.1) is 0 Å². The average Bonchev–Trinajstić information content (AvgIpc) is 3.28. The number of hydrogen-bond acceptors (Lipinski definition) is 5. The van der Waals surface area contributed by atoms with Gasteiger partial charge in [-0.05, 0) is 36.5 Å². The summed E-state index contributed by atoms with van der Waals surface area (Å²) in [5.74, 6) is 1.54. The molecule has 0 radical (unpaired) electrons. The Balaban J connectivity index is 1.52. The van der Waals surface area contributed by atoms with Crippen molar-refractivity contribution in [3.8, 4) is 0 Å². The van der Waals surface area contributed by atoms with E-state index < -0.39 is 0 Å². The molecule has 7 nitrogen and oxygen atoms in total. The van der Waals surface area contributed by atoms with Gasteiger partial charge < -0.3 is 9.88 Å². The maximum atomic E-state index is 4.93. The summed E-state index contributed by atoms with van der Waals surface area (Å²) in [5, 5.41) is 4.93. The largest absolute Gasteiger partial charge is 0.348 e. The summed E-state index contributed by atoms with van der Waals surface area (Å²) in [6, 6.07) is 6.49. The zero-order valence-corrected chi connectivity index (χ0v) is 14.8. The van der Waals surface area contributed by atoms with Gasteiger partial charge in [0.1, 0.15) is 11.9 Å². The fourth-order valence-corrected chi connectivity index (χ4v) is 4.19. The predicted octanol–water partition coefficient (Wildman–Crippen LogP) is 2.88. The average molecular weight is 357 g/mol. The highest BCUT2D eigenvalue weighted by molar-refractivity contribution is 5.60. The number of anilines is 1. The van der Waals surface area contributed by atoms with Gasteiger partial charge >= 0.3 is 0 Å². The lowest BCUT2D eigenvalue weighted by Gasteiger charge is -2.34. The first-order chi connectivity index (χ1) is 13.4.